The van der Waals surface area contributed by atoms with Gasteiger partial charge in [-0.15, -0.1) is 0 Å². The summed E-state index contributed by atoms with van der Waals surface area (Å²) in [5, 5.41) is 9.54. The molecule has 1 N–H and O–H groups in total. The topological polar surface area (TPSA) is 118 Å². The monoisotopic (exact) mass is 499 g/mol. The average molecular weight is 500 g/mol. The van der Waals surface area contributed by atoms with Gasteiger partial charge in [-0.2, -0.15) is 0 Å². The number of amides is 1. The molecule has 0 bridgehead atoms. The third kappa shape index (κ3) is 5.59. The number of ketones is 1. The first-order chi connectivity index (χ1) is 15.1. The summed E-state index contributed by atoms with van der Waals surface area (Å²) in [7, 11) is -4.28. The highest BCUT2D eigenvalue weighted by Gasteiger charge is 2.38. The molecule has 0 radical (unpaired) electrons. The summed E-state index contributed by atoms with van der Waals surface area (Å²) >= 11 is 11.9. The van der Waals surface area contributed by atoms with E-state index in [2.05, 4.69) is 0 Å². The predicted octanol–water partition coefficient (Wildman–Crippen LogP) is 3.20. The summed E-state index contributed by atoms with van der Waals surface area (Å²) in [6, 6.07) is 9.82. The molecule has 1 amide bonds. The molecule has 32 heavy (non-hydrogen) atoms. The molecule has 1 aliphatic heterocycles. The van der Waals surface area contributed by atoms with Crippen LogP contribution in [0, 0.1) is 5.92 Å². The zero-order chi connectivity index (χ0) is 23.5. The molecular weight excluding hydrogens is 481 g/mol. The highest BCUT2D eigenvalue weighted by Crippen LogP contribution is 2.31. The Bertz CT molecular complexity index is 1150. The highest BCUT2D eigenvalue weighted by atomic mass is 35.5. The number of sulfonamides is 1. The van der Waals surface area contributed by atoms with Crippen LogP contribution in [0.5, 0.6) is 5.75 Å². The molecule has 1 saturated heterocycles. The van der Waals surface area contributed by atoms with Crippen LogP contribution in [0.4, 0.5) is 0 Å². The second kappa shape index (κ2) is 9.89. The second-order valence-electron chi connectivity index (χ2n) is 7.22. The number of benzene rings is 2. The molecular formula is C21H19Cl2NO7S. The Balaban J connectivity index is 1.92. The zero-order valence-electron chi connectivity index (χ0n) is 16.7. The third-order valence-corrected chi connectivity index (χ3v) is 7.17. The van der Waals surface area contributed by atoms with E-state index in [4.69, 9.17) is 33.0 Å². The van der Waals surface area contributed by atoms with Crippen molar-refractivity contribution in [2.75, 3.05) is 13.2 Å². The Morgan fingerprint density at radius 1 is 1.09 bits per heavy atom. The molecule has 1 unspecified atom stereocenters. The fourth-order valence-corrected chi connectivity index (χ4v) is 5.11. The minimum atomic E-state index is -4.28. The Kier molecular flexibility index (Phi) is 7.43. The molecule has 0 saturated carbocycles. The summed E-state index contributed by atoms with van der Waals surface area (Å²) in [6.07, 6.45) is 0.179. The van der Waals surface area contributed by atoms with Crippen molar-refractivity contribution in [1.29, 1.82) is 0 Å². The number of carbonyl (C=O) groups is 3. The molecule has 170 valence electrons. The number of aliphatic carboxylic acids is 1. The summed E-state index contributed by atoms with van der Waals surface area (Å²) in [4.78, 5) is 36.2. The minimum Gasteiger partial charge on any atom is -0.482 e. The lowest BCUT2D eigenvalue weighted by Crippen LogP contribution is -2.42. The van der Waals surface area contributed by atoms with Gasteiger partial charge in [0.25, 0.3) is 10.0 Å². The number of nitrogens with zero attached hydrogens (tertiary/aromatic N) is 1. The van der Waals surface area contributed by atoms with Crippen molar-refractivity contribution in [3.63, 3.8) is 0 Å². The van der Waals surface area contributed by atoms with Gasteiger partial charge in [-0.3, -0.25) is 9.59 Å². The SMILES string of the molecule is O=C(O)COc1ccc(Cl)cc1CC1CCC(=O)CN(S(=O)(=O)c2ccc(Cl)cc2)C1=O. The smallest absolute Gasteiger partial charge is 0.341 e. The second-order valence-corrected chi connectivity index (χ2v) is 9.95. The lowest BCUT2D eigenvalue weighted by atomic mass is 9.93. The van der Waals surface area contributed by atoms with Gasteiger partial charge in [0, 0.05) is 22.4 Å². The molecule has 1 atom stereocenters. The number of hydrogen-bond donors (Lipinski definition) is 1. The van der Waals surface area contributed by atoms with E-state index in [0.717, 1.165) is 0 Å². The number of carbonyl (C=O) groups excluding carboxylic acids is 2. The van der Waals surface area contributed by atoms with E-state index in [-0.39, 0.29) is 35.7 Å². The van der Waals surface area contributed by atoms with Crippen molar-refractivity contribution in [1.82, 2.24) is 4.31 Å². The van der Waals surface area contributed by atoms with Gasteiger partial charge >= 0.3 is 5.97 Å². The summed E-state index contributed by atoms with van der Waals surface area (Å²) in [5.41, 5.74) is 0.440. The number of rotatable bonds is 7. The molecule has 2 aromatic carbocycles. The van der Waals surface area contributed by atoms with Crippen molar-refractivity contribution in [3.8, 4) is 5.75 Å². The van der Waals surface area contributed by atoms with Gasteiger partial charge in [-0.05, 0) is 60.9 Å². The lowest BCUT2D eigenvalue weighted by Gasteiger charge is -2.24. The minimum absolute atomic E-state index is 0.0221. The third-order valence-electron chi connectivity index (χ3n) is 4.93. The van der Waals surface area contributed by atoms with Gasteiger partial charge in [-0.1, -0.05) is 23.2 Å². The normalized spacial score (nSPS) is 17.2. The summed E-state index contributed by atoms with van der Waals surface area (Å²) in [6.45, 7) is -1.15. The molecule has 0 spiro atoms. The van der Waals surface area contributed by atoms with Crippen LogP contribution < -0.4 is 4.74 Å². The van der Waals surface area contributed by atoms with E-state index < -0.39 is 41.0 Å². The van der Waals surface area contributed by atoms with Crippen molar-refractivity contribution in [2.24, 2.45) is 5.92 Å². The van der Waals surface area contributed by atoms with Crippen molar-refractivity contribution < 1.29 is 32.6 Å². The zero-order valence-corrected chi connectivity index (χ0v) is 19.0. The van der Waals surface area contributed by atoms with Crippen LogP contribution >= 0.6 is 23.2 Å². The first kappa shape index (κ1) is 24.0. The Morgan fingerprint density at radius 2 is 1.75 bits per heavy atom. The first-order valence-corrected chi connectivity index (χ1v) is 11.7. The molecule has 1 aliphatic rings. The number of ether oxygens (including phenoxy) is 1. The van der Waals surface area contributed by atoms with Gasteiger partial charge in [0.15, 0.2) is 12.4 Å². The lowest BCUT2D eigenvalue weighted by molar-refractivity contribution is -0.139. The predicted molar refractivity (Wildman–Crippen MR) is 116 cm³/mol. The van der Waals surface area contributed by atoms with E-state index in [1.807, 2.05) is 0 Å². The molecule has 1 fully saturated rings. The highest BCUT2D eigenvalue weighted by molar-refractivity contribution is 7.89. The van der Waals surface area contributed by atoms with Gasteiger partial charge in [0.05, 0.1) is 11.4 Å². The van der Waals surface area contributed by atoms with Crippen LogP contribution in [0.15, 0.2) is 47.4 Å². The Hall–Kier alpha value is -2.62. The van der Waals surface area contributed by atoms with Gasteiger partial charge < -0.3 is 9.84 Å². The fourth-order valence-electron chi connectivity index (χ4n) is 3.36. The van der Waals surface area contributed by atoms with Crippen molar-refractivity contribution >= 4 is 50.9 Å². The Labute approximate surface area is 194 Å². The molecule has 0 aliphatic carbocycles. The van der Waals surface area contributed by atoms with Crippen LogP contribution in [0.2, 0.25) is 10.0 Å². The van der Waals surface area contributed by atoms with Crippen LogP contribution in [0.3, 0.4) is 0 Å². The van der Waals surface area contributed by atoms with Crippen molar-refractivity contribution in [3.05, 3.63) is 58.1 Å². The summed E-state index contributed by atoms with van der Waals surface area (Å²) < 4.78 is 32.1. The fraction of sp³-hybridized carbons (Fsp3) is 0.286. The largest absolute Gasteiger partial charge is 0.482 e. The maximum atomic E-state index is 13.2. The quantitative estimate of drug-likeness (QED) is 0.621. The molecule has 2 aromatic rings. The van der Waals surface area contributed by atoms with Gasteiger partial charge in [-0.25, -0.2) is 17.5 Å². The van der Waals surface area contributed by atoms with Crippen LogP contribution in [-0.4, -0.2) is 48.6 Å². The summed E-state index contributed by atoms with van der Waals surface area (Å²) in [5.74, 6) is -2.93. The standard InChI is InChI=1S/C21H19Cl2NO7S/c22-15-2-6-18(7-3-15)32(29,30)24-11-17(25)5-1-13(21(24)28)9-14-10-16(23)4-8-19(14)31-12-20(26)27/h2-4,6-8,10,13H,1,5,9,11-12H2,(H,26,27). The average Bonchev–Trinajstić information content (AvgIpc) is 2.87. The number of halogens is 2. The number of carboxylic acids is 1. The van der Waals surface area contributed by atoms with E-state index in [0.29, 0.717) is 19.9 Å². The molecule has 8 nitrogen and oxygen atoms in total. The van der Waals surface area contributed by atoms with Crippen molar-refractivity contribution in [2.45, 2.75) is 24.2 Å². The number of Topliss-reactive ketones (excluding diaryl/α,β-unsaturated/α-hetero) is 1. The molecule has 0 aromatic heterocycles. The molecule has 11 heteroatoms. The van der Waals surface area contributed by atoms with E-state index in [1.54, 1.807) is 0 Å². The van der Waals surface area contributed by atoms with E-state index in [1.165, 1.54) is 42.5 Å². The first-order valence-electron chi connectivity index (χ1n) is 9.55. The number of carboxylic acid groups (broad SMARTS) is 1. The Morgan fingerprint density at radius 3 is 2.41 bits per heavy atom. The van der Waals surface area contributed by atoms with E-state index in [9.17, 15) is 22.8 Å². The van der Waals surface area contributed by atoms with Crippen LogP contribution in [0.1, 0.15) is 18.4 Å². The van der Waals surface area contributed by atoms with Crippen LogP contribution in [0.25, 0.3) is 0 Å². The van der Waals surface area contributed by atoms with E-state index >= 15 is 0 Å². The van der Waals surface area contributed by atoms with Crippen LogP contribution in [-0.2, 0) is 30.8 Å². The van der Waals surface area contributed by atoms with Gasteiger partial charge in [0.1, 0.15) is 5.75 Å². The van der Waals surface area contributed by atoms with Gasteiger partial charge in [0.2, 0.25) is 5.91 Å². The molecule has 1 heterocycles. The maximum absolute atomic E-state index is 13.2. The molecule has 3 rings (SSSR count). The maximum Gasteiger partial charge on any atom is 0.341 e. The number of hydrogen-bond acceptors (Lipinski definition) is 6.